The van der Waals surface area contributed by atoms with E-state index in [9.17, 15) is 10.2 Å². The predicted molar refractivity (Wildman–Crippen MR) is 137 cm³/mol. The Bertz CT molecular complexity index is 1030. The summed E-state index contributed by atoms with van der Waals surface area (Å²) in [6.07, 6.45) is -1.56. The van der Waals surface area contributed by atoms with Crippen molar-refractivity contribution >= 4 is 0 Å². The molecule has 0 bridgehead atoms. The Balaban J connectivity index is 1.50. The highest BCUT2D eigenvalue weighted by molar-refractivity contribution is 5.41. The van der Waals surface area contributed by atoms with Gasteiger partial charge in [-0.3, -0.25) is 0 Å². The largest absolute Gasteiger partial charge is 0.491 e. The maximum absolute atomic E-state index is 10.4. The Kier molecular flexibility index (Phi) is 9.55. The third-order valence-corrected chi connectivity index (χ3v) is 5.86. The van der Waals surface area contributed by atoms with Crippen LogP contribution in [-0.4, -0.2) is 56.0 Å². The summed E-state index contributed by atoms with van der Waals surface area (Å²) < 4.78 is 22.0. The minimum atomic E-state index is -0.828. The van der Waals surface area contributed by atoms with Gasteiger partial charge in [0.25, 0.3) is 0 Å². The van der Waals surface area contributed by atoms with Crippen molar-refractivity contribution in [2.45, 2.75) is 38.4 Å². The van der Waals surface area contributed by atoms with E-state index in [1.165, 1.54) is 23.8 Å². The first-order valence-corrected chi connectivity index (χ1v) is 11.8. The van der Waals surface area contributed by atoms with Gasteiger partial charge in [-0.2, -0.15) is 0 Å². The zero-order valence-electron chi connectivity index (χ0n) is 20.9. The normalized spacial score (nSPS) is 13.2. The summed E-state index contributed by atoms with van der Waals surface area (Å²) in [6.45, 7) is 6.89. The SMILES string of the molecule is COCC(O)COc1ccccc1OCC(O)COc1ccc(C(C)(C)c2ccc(C)cc2)cc1. The lowest BCUT2D eigenvalue weighted by atomic mass is 9.78. The second kappa shape index (κ2) is 12.6. The van der Waals surface area contributed by atoms with Crippen LogP contribution in [0.2, 0.25) is 0 Å². The van der Waals surface area contributed by atoms with E-state index in [-0.39, 0.29) is 31.8 Å². The Morgan fingerprint density at radius 1 is 0.657 bits per heavy atom. The zero-order valence-corrected chi connectivity index (χ0v) is 20.9. The van der Waals surface area contributed by atoms with Crippen LogP contribution in [0.5, 0.6) is 17.2 Å². The van der Waals surface area contributed by atoms with Crippen LogP contribution in [0.25, 0.3) is 0 Å². The van der Waals surface area contributed by atoms with Gasteiger partial charge in [0.2, 0.25) is 0 Å². The fourth-order valence-corrected chi connectivity index (χ4v) is 3.65. The molecule has 35 heavy (non-hydrogen) atoms. The maximum atomic E-state index is 10.4. The second-order valence-corrected chi connectivity index (χ2v) is 9.16. The Hall–Kier alpha value is -3.06. The Morgan fingerprint density at radius 2 is 1.11 bits per heavy atom. The summed E-state index contributed by atoms with van der Waals surface area (Å²) in [7, 11) is 1.52. The minimum absolute atomic E-state index is 0.0412. The van der Waals surface area contributed by atoms with E-state index in [0.717, 1.165) is 0 Å². The van der Waals surface area contributed by atoms with Gasteiger partial charge in [-0.1, -0.05) is 67.9 Å². The molecule has 6 nitrogen and oxygen atoms in total. The molecule has 2 N–H and O–H groups in total. The Labute approximate surface area is 208 Å². The van der Waals surface area contributed by atoms with Crippen molar-refractivity contribution in [3.05, 3.63) is 89.5 Å². The summed E-state index contributed by atoms with van der Waals surface area (Å²) >= 11 is 0. The van der Waals surface area contributed by atoms with Crippen LogP contribution in [0.1, 0.15) is 30.5 Å². The molecule has 3 aromatic rings. The number of rotatable bonds is 13. The average molecular weight is 481 g/mol. The van der Waals surface area contributed by atoms with Crippen LogP contribution < -0.4 is 14.2 Å². The molecule has 0 aliphatic heterocycles. The van der Waals surface area contributed by atoms with E-state index in [1.54, 1.807) is 12.1 Å². The van der Waals surface area contributed by atoms with Crippen LogP contribution >= 0.6 is 0 Å². The molecule has 0 aliphatic carbocycles. The lowest BCUT2D eigenvalue weighted by Crippen LogP contribution is -2.26. The van der Waals surface area contributed by atoms with Crippen molar-refractivity contribution in [1.29, 1.82) is 0 Å². The molecule has 3 aromatic carbocycles. The molecule has 0 aliphatic rings. The third-order valence-electron chi connectivity index (χ3n) is 5.86. The van der Waals surface area contributed by atoms with Gasteiger partial charge in [-0.05, 0) is 42.3 Å². The van der Waals surface area contributed by atoms with Crippen molar-refractivity contribution in [2.75, 3.05) is 33.5 Å². The van der Waals surface area contributed by atoms with E-state index in [4.69, 9.17) is 18.9 Å². The second-order valence-electron chi connectivity index (χ2n) is 9.16. The van der Waals surface area contributed by atoms with E-state index in [0.29, 0.717) is 17.2 Å². The fraction of sp³-hybridized carbons (Fsp3) is 0.379. The smallest absolute Gasteiger partial charge is 0.161 e. The third kappa shape index (κ3) is 7.72. The molecule has 0 amide bonds. The van der Waals surface area contributed by atoms with Crippen LogP contribution in [0, 0.1) is 6.92 Å². The van der Waals surface area contributed by atoms with Crippen molar-refractivity contribution in [3.63, 3.8) is 0 Å². The molecule has 0 aromatic heterocycles. The first-order chi connectivity index (χ1) is 16.8. The van der Waals surface area contributed by atoms with E-state index < -0.39 is 12.2 Å². The van der Waals surface area contributed by atoms with Gasteiger partial charge in [0, 0.05) is 12.5 Å². The molecular weight excluding hydrogens is 444 g/mol. The van der Waals surface area contributed by atoms with E-state index in [1.807, 2.05) is 24.3 Å². The Morgan fingerprint density at radius 3 is 1.63 bits per heavy atom. The number of hydrogen-bond donors (Lipinski definition) is 2. The van der Waals surface area contributed by atoms with Crippen LogP contribution in [-0.2, 0) is 10.2 Å². The molecule has 2 atom stereocenters. The van der Waals surface area contributed by atoms with Crippen LogP contribution in [0.4, 0.5) is 0 Å². The predicted octanol–water partition coefficient (Wildman–Crippen LogP) is 4.53. The number of methoxy groups -OCH3 is 1. The first-order valence-electron chi connectivity index (χ1n) is 11.8. The first kappa shape index (κ1) is 26.5. The van der Waals surface area contributed by atoms with Gasteiger partial charge in [-0.15, -0.1) is 0 Å². The van der Waals surface area contributed by atoms with Crippen molar-refractivity contribution in [1.82, 2.24) is 0 Å². The van der Waals surface area contributed by atoms with Crippen molar-refractivity contribution < 1.29 is 29.2 Å². The zero-order chi connectivity index (χ0) is 25.3. The number of para-hydroxylation sites is 2. The van der Waals surface area contributed by atoms with Gasteiger partial charge >= 0.3 is 0 Å². The lowest BCUT2D eigenvalue weighted by molar-refractivity contribution is 0.0303. The number of aliphatic hydroxyl groups is 2. The maximum Gasteiger partial charge on any atom is 0.161 e. The van der Waals surface area contributed by atoms with Gasteiger partial charge in [0.1, 0.15) is 37.8 Å². The molecule has 0 heterocycles. The quantitative estimate of drug-likeness (QED) is 0.374. The summed E-state index contributed by atoms with van der Waals surface area (Å²) in [4.78, 5) is 0. The molecule has 3 rings (SSSR count). The van der Waals surface area contributed by atoms with Gasteiger partial charge in [-0.25, -0.2) is 0 Å². The molecule has 6 heteroatoms. The van der Waals surface area contributed by atoms with Crippen molar-refractivity contribution in [2.24, 2.45) is 0 Å². The highest BCUT2D eigenvalue weighted by atomic mass is 16.5. The highest BCUT2D eigenvalue weighted by Gasteiger charge is 2.23. The summed E-state index contributed by atoms with van der Waals surface area (Å²) in [5.74, 6) is 1.66. The van der Waals surface area contributed by atoms with E-state index in [2.05, 4.69) is 57.2 Å². The molecule has 0 radical (unpaired) electrons. The van der Waals surface area contributed by atoms with Gasteiger partial charge in [0.05, 0.1) is 6.61 Å². The van der Waals surface area contributed by atoms with Crippen LogP contribution in [0.3, 0.4) is 0 Å². The highest BCUT2D eigenvalue weighted by Crippen LogP contribution is 2.32. The topological polar surface area (TPSA) is 77.4 Å². The molecule has 2 unspecified atom stereocenters. The van der Waals surface area contributed by atoms with Gasteiger partial charge in [0.15, 0.2) is 11.5 Å². The minimum Gasteiger partial charge on any atom is -0.491 e. The molecule has 0 saturated carbocycles. The number of aryl methyl sites for hydroxylation is 1. The molecule has 188 valence electrons. The number of ether oxygens (including phenoxy) is 4. The summed E-state index contributed by atoms with van der Waals surface area (Å²) in [5, 5.41) is 20.1. The summed E-state index contributed by atoms with van der Waals surface area (Å²) in [6, 6.07) is 23.7. The van der Waals surface area contributed by atoms with Gasteiger partial charge < -0.3 is 29.2 Å². The standard InChI is InChI=1S/C29H36O6/c1-21-9-11-22(12-10-21)29(2,3)23-13-15-26(16-14-23)33-18-25(31)20-35-28-8-6-5-7-27(28)34-19-24(30)17-32-4/h5-16,24-25,30-31H,17-20H2,1-4H3. The molecule has 0 saturated heterocycles. The van der Waals surface area contributed by atoms with Crippen molar-refractivity contribution in [3.8, 4) is 17.2 Å². The fourth-order valence-electron chi connectivity index (χ4n) is 3.65. The number of aliphatic hydroxyl groups excluding tert-OH is 2. The monoisotopic (exact) mass is 480 g/mol. The molecule has 0 fully saturated rings. The molecular formula is C29H36O6. The lowest BCUT2D eigenvalue weighted by Gasteiger charge is -2.26. The average Bonchev–Trinajstić information content (AvgIpc) is 2.86. The van der Waals surface area contributed by atoms with E-state index >= 15 is 0 Å². The molecule has 0 spiro atoms. The number of hydrogen-bond acceptors (Lipinski definition) is 6. The van der Waals surface area contributed by atoms with Crippen LogP contribution in [0.15, 0.2) is 72.8 Å². The number of benzene rings is 3. The summed E-state index contributed by atoms with van der Waals surface area (Å²) in [5.41, 5.74) is 3.55.